The molecule has 0 aliphatic rings. The second-order valence-electron chi connectivity index (χ2n) is 4.35. The minimum Gasteiger partial charge on any atom is -0.490 e. The quantitative estimate of drug-likeness (QED) is 0.737. The van der Waals surface area contributed by atoms with Crippen molar-refractivity contribution in [1.29, 1.82) is 0 Å². The zero-order chi connectivity index (χ0) is 13.0. The van der Waals surface area contributed by atoms with Crippen molar-refractivity contribution in [3.63, 3.8) is 0 Å². The summed E-state index contributed by atoms with van der Waals surface area (Å²) in [6.07, 6.45) is 0.744. The topological polar surface area (TPSA) is 26.3 Å². The van der Waals surface area contributed by atoms with Crippen LogP contribution in [0.1, 0.15) is 37.6 Å². The summed E-state index contributed by atoms with van der Waals surface area (Å²) < 4.78 is 31.7. The monoisotopic (exact) mass is 242 g/mol. The molecule has 17 heavy (non-hydrogen) atoms. The Bertz CT molecular complexity index is 414. The number of ether oxygens (including phenoxy) is 1. The standard InChI is InChI=1S/C13H16F2O2/c1-8(2)4-5-17-13-11(9(3)16)6-10(14)7-12(13)15/h6-8H,4-5H2,1-3H3. The van der Waals surface area contributed by atoms with Crippen molar-refractivity contribution in [3.8, 4) is 5.75 Å². The molecule has 0 aliphatic heterocycles. The lowest BCUT2D eigenvalue weighted by atomic mass is 10.1. The van der Waals surface area contributed by atoms with Crippen LogP contribution in [0.5, 0.6) is 5.75 Å². The van der Waals surface area contributed by atoms with Crippen molar-refractivity contribution in [1.82, 2.24) is 0 Å². The van der Waals surface area contributed by atoms with Crippen molar-refractivity contribution >= 4 is 5.78 Å². The van der Waals surface area contributed by atoms with Gasteiger partial charge in [-0.1, -0.05) is 13.8 Å². The van der Waals surface area contributed by atoms with Crippen LogP contribution in [0.25, 0.3) is 0 Å². The van der Waals surface area contributed by atoms with Gasteiger partial charge in [0, 0.05) is 6.07 Å². The summed E-state index contributed by atoms with van der Waals surface area (Å²) in [5, 5.41) is 0. The molecule has 0 amide bonds. The average Bonchev–Trinajstić information content (AvgIpc) is 2.19. The highest BCUT2D eigenvalue weighted by atomic mass is 19.1. The largest absolute Gasteiger partial charge is 0.490 e. The lowest BCUT2D eigenvalue weighted by Gasteiger charge is -2.12. The van der Waals surface area contributed by atoms with Crippen LogP contribution in [0, 0.1) is 17.6 Å². The van der Waals surface area contributed by atoms with Gasteiger partial charge in [-0.15, -0.1) is 0 Å². The Morgan fingerprint density at radius 1 is 1.35 bits per heavy atom. The van der Waals surface area contributed by atoms with E-state index >= 15 is 0 Å². The molecule has 0 heterocycles. The Labute approximate surface area is 99.6 Å². The first-order chi connectivity index (χ1) is 7.91. The van der Waals surface area contributed by atoms with Gasteiger partial charge in [-0.2, -0.15) is 0 Å². The second-order valence-corrected chi connectivity index (χ2v) is 4.35. The van der Waals surface area contributed by atoms with E-state index in [1.54, 1.807) is 0 Å². The summed E-state index contributed by atoms with van der Waals surface area (Å²) >= 11 is 0. The number of halogens is 2. The molecule has 94 valence electrons. The van der Waals surface area contributed by atoms with E-state index in [0.29, 0.717) is 12.5 Å². The molecule has 0 aliphatic carbocycles. The predicted molar refractivity (Wildman–Crippen MR) is 61.3 cm³/mol. The van der Waals surface area contributed by atoms with Crippen LogP contribution in [0.2, 0.25) is 0 Å². The molecule has 1 aromatic rings. The fraction of sp³-hybridized carbons (Fsp3) is 0.462. The Morgan fingerprint density at radius 2 is 2.00 bits per heavy atom. The van der Waals surface area contributed by atoms with Crippen LogP contribution >= 0.6 is 0 Å². The summed E-state index contributed by atoms with van der Waals surface area (Å²) in [4.78, 5) is 11.3. The molecule has 0 spiro atoms. The molecule has 0 N–H and O–H groups in total. The molecule has 0 aromatic heterocycles. The summed E-state index contributed by atoms with van der Waals surface area (Å²) in [6.45, 7) is 5.58. The lowest BCUT2D eigenvalue weighted by Crippen LogP contribution is -2.07. The normalized spacial score (nSPS) is 10.7. The van der Waals surface area contributed by atoms with E-state index in [-0.39, 0.29) is 11.3 Å². The molecule has 1 rings (SSSR count). The Balaban J connectivity index is 2.92. The Hall–Kier alpha value is -1.45. The number of rotatable bonds is 5. The zero-order valence-electron chi connectivity index (χ0n) is 10.2. The lowest BCUT2D eigenvalue weighted by molar-refractivity contribution is 0.101. The van der Waals surface area contributed by atoms with Crippen molar-refractivity contribution in [3.05, 3.63) is 29.3 Å². The van der Waals surface area contributed by atoms with Gasteiger partial charge in [0.05, 0.1) is 12.2 Å². The highest BCUT2D eigenvalue weighted by Crippen LogP contribution is 2.25. The van der Waals surface area contributed by atoms with Crippen LogP contribution in [0.3, 0.4) is 0 Å². The predicted octanol–water partition coefficient (Wildman–Crippen LogP) is 3.59. The highest BCUT2D eigenvalue weighted by Gasteiger charge is 2.16. The van der Waals surface area contributed by atoms with Crippen LogP contribution in [0.4, 0.5) is 8.78 Å². The van der Waals surface area contributed by atoms with E-state index in [1.807, 2.05) is 13.8 Å². The van der Waals surface area contributed by atoms with E-state index in [4.69, 9.17) is 4.74 Å². The SMILES string of the molecule is CC(=O)c1cc(F)cc(F)c1OCCC(C)C. The van der Waals surface area contributed by atoms with Gasteiger partial charge in [-0.05, 0) is 25.3 Å². The molecule has 0 bridgehead atoms. The first-order valence-corrected chi connectivity index (χ1v) is 5.54. The van der Waals surface area contributed by atoms with Gasteiger partial charge in [0.15, 0.2) is 17.3 Å². The van der Waals surface area contributed by atoms with Gasteiger partial charge in [-0.25, -0.2) is 8.78 Å². The maximum atomic E-state index is 13.5. The molecule has 1 aromatic carbocycles. The summed E-state index contributed by atoms with van der Waals surface area (Å²) in [5.41, 5.74) is -0.0498. The third kappa shape index (κ3) is 3.80. The third-order valence-electron chi connectivity index (χ3n) is 2.33. The number of carbonyl (C=O) groups excluding carboxylic acids is 1. The van der Waals surface area contributed by atoms with Gasteiger partial charge in [0.2, 0.25) is 0 Å². The molecule has 0 fully saturated rings. The van der Waals surface area contributed by atoms with Crippen molar-refractivity contribution < 1.29 is 18.3 Å². The smallest absolute Gasteiger partial charge is 0.168 e. The van der Waals surface area contributed by atoms with Crippen molar-refractivity contribution in [2.75, 3.05) is 6.61 Å². The van der Waals surface area contributed by atoms with Gasteiger partial charge in [0.25, 0.3) is 0 Å². The molecular weight excluding hydrogens is 226 g/mol. The van der Waals surface area contributed by atoms with Gasteiger partial charge < -0.3 is 4.74 Å². The maximum Gasteiger partial charge on any atom is 0.168 e. The Morgan fingerprint density at radius 3 is 2.53 bits per heavy atom. The number of ketones is 1. The van der Waals surface area contributed by atoms with Crippen molar-refractivity contribution in [2.24, 2.45) is 5.92 Å². The number of benzene rings is 1. The van der Waals surface area contributed by atoms with Gasteiger partial charge in [-0.3, -0.25) is 4.79 Å². The first kappa shape index (κ1) is 13.6. The molecule has 4 heteroatoms. The van der Waals surface area contributed by atoms with Crippen LogP contribution in [0.15, 0.2) is 12.1 Å². The van der Waals surface area contributed by atoms with Crippen LogP contribution < -0.4 is 4.74 Å². The molecule has 0 atom stereocenters. The van der Waals surface area contributed by atoms with Gasteiger partial charge in [0.1, 0.15) is 5.82 Å². The van der Waals surface area contributed by atoms with E-state index in [9.17, 15) is 13.6 Å². The van der Waals surface area contributed by atoms with Crippen molar-refractivity contribution in [2.45, 2.75) is 27.2 Å². The molecule has 0 radical (unpaired) electrons. The second kappa shape index (κ2) is 5.75. The number of hydrogen-bond acceptors (Lipinski definition) is 2. The molecule has 2 nitrogen and oxygen atoms in total. The van der Waals surface area contributed by atoms with E-state index in [2.05, 4.69) is 0 Å². The number of carbonyl (C=O) groups is 1. The summed E-state index contributed by atoms with van der Waals surface area (Å²) in [7, 11) is 0. The van der Waals surface area contributed by atoms with Crippen LogP contribution in [-0.4, -0.2) is 12.4 Å². The molecular formula is C13H16F2O2. The fourth-order valence-electron chi connectivity index (χ4n) is 1.37. The van der Waals surface area contributed by atoms with Crippen LogP contribution in [-0.2, 0) is 0 Å². The number of Topliss-reactive ketones (excluding diaryl/α,β-unsaturated/α-hetero) is 1. The zero-order valence-corrected chi connectivity index (χ0v) is 10.2. The number of hydrogen-bond donors (Lipinski definition) is 0. The highest BCUT2D eigenvalue weighted by molar-refractivity contribution is 5.96. The summed E-state index contributed by atoms with van der Waals surface area (Å²) in [6, 6.07) is 1.72. The average molecular weight is 242 g/mol. The Kier molecular flexibility index (Phi) is 4.61. The fourth-order valence-corrected chi connectivity index (χ4v) is 1.37. The molecule has 0 saturated heterocycles. The van der Waals surface area contributed by atoms with E-state index in [1.165, 1.54) is 6.92 Å². The van der Waals surface area contributed by atoms with E-state index < -0.39 is 17.4 Å². The minimum absolute atomic E-state index is 0.0498. The molecule has 0 saturated carbocycles. The van der Waals surface area contributed by atoms with Gasteiger partial charge >= 0.3 is 0 Å². The maximum absolute atomic E-state index is 13.5. The van der Waals surface area contributed by atoms with E-state index in [0.717, 1.165) is 18.6 Å². The third-order valence-corrected chi connectivity index (χ3v) is 2.33. The summed E-state index contributed by atoms with van der Waals surface area (Å²) in [5.74, 6) is -1.76. The minimum atomic E-state index is -0.834. The molecule has 0 unspecified atom stereocenters. The first-order valence-electron chi connectivity index (χ1n) is 5.54.